The van der Waals surface area contributed by atoms with Gasteiger partial charge in [-0.15, -0.1) is 0 Å². The van der Waals surface area contributed by atoms with E-state index in [-0.39, 0.29) is 36.3 Å². The predicted octanol–water partition coefficient (Wildman–Crippen LogP) is 1.33. The van der Waals surface area contributed by atoms with Crippen LogP contribution in [0, 0.1) is 0 Å². The highest BCUT2D eigenvalue weighted by molar-refractivity contribution is 8.00. The maximum atomic E-state index is 11.6. The molecule has 0 aromatic heterocycles. The molecule has 0 heterocycles. The maximum absolute atomic E-state index is 11.6. The number of halogens is 3. The standard InChI is InChI=1S/C7H10F3NO2S/c1-5(12)4-6(13)11-2-3-14-7(8,9)10/h2-4H2,1H3,(H,11,13). The highest BCUT2D eigenvalue weighted by Gasteiger charge is 2.27. The van der Waals surface area contributed by atoms with E-state index < -0.39 is 11.4 Å². The van der Waals surface area contributed by atoms with E-state index in [0.29, 0.717) is 0 Å². The number of nitrogens with one attached hydrogen (secondary N) is 1. The van der Waals surface area contributed by atoms with Gasteiger partial charge in [0.15, 0.2) is 0 Å². The Labute approximate surface area is 83.4 Å². The van der Waals surface area contributed by atoms with Crippen molar-refractivity contribution in [1.29, 1.82) is 0 Å². The molecule has 1 amide bonds. The van der Waals surface area contributed by atoms with Crippen LogP contribution in [-0.2, 0) is 9.59 Å². The van der Waals surface area contributed by atoms with Crippen LogP contribution in [0.4, 0.5) is 13.2 Å². The molecule has 0 aromatic carbocycles. The number of Topliss-reactive ketones (excluding diaryl/α,β-unsaturated/α-hetero) is 1. The summed E-state index contributed by atoms with van der Waals surface area (Å²) in [6, 6.07) is 0. The van der Waals surface area contributed by atoms with Crippen molar-refractivity contribution in [2.75, 3.05) is 12.3 Å². The average Bonchev–Trinajstić information content (AvgIpc) is 1.95. The molecular weight excluding hydrogens is 219 g/mol. The van der Waals surface area contributed by atoms with Crippen molar-refractivity contribution in [2.45, 2.75) is 18.9 Å². The molecular formula is C7H10F3NO2S. The minimum atomic E-state index is -4.27. The van der Waals surface area contributed by atoms with E-state index >= 15 is 0 Å². The molecule has 0 bridgehead atoms. The summed E-state index contributed by atoms with van der Waals surface area (Å²) in [5.41, 5.74) is -4.27. The van der Waals surface area contributed by atoms with Gasteiger partial charge in [-0.25, -0.2) is 0 Å². The molecule has 0 fully saturated rings. The van der Waals surface area contributed by atoms with Crippen molar-refractivity contribution < 1.29 is 22.8 Å². The lowest BCUT2D eigenvalue weighted by Gasteiger charge is -2.06. The van der Waals surface area contributed by atoms with Crippen LogP contribution >= 0.6 is 11.8 Å². The van der Waals surface area contributed by atoms with Gasteiger partial charge in [0.25, 0.3) is 0 Å². The molecule has 0 saturated carbocycles. The van der Waals surface area contributed by atoms with E-state index in [1.54, 1.807) is 0 Å². The van der Waals surface area contributed by atoms with Gasteiger partial charge in [-0.2, -0.15) is 13.2 Å². The van der Waals surface area contributed by atoms with Crippen LogP contribution in [0.3, 0.4) is 0 Å². The number of carbonyl (C=O) groups is 2. The quantitative estimate of drug-likeness (QED) is 0.571. The molecule has 0 rings (SSSR count). The van der Waals surface area contributed by atoms with Crippen LogP contribution in [-0.4, -0.2) is 29.5 Å². The van der Waals surface area contributed by atoms with Gasteiger partial charge in [-0.1, -0.05) is 0 Å². The summed E-state index contributed by atoms with van der Waals surface area (Å²) in [5, 5.41) is 2.21. The number of thioether (sulfide) groups is 1. The van der Waals surface area contributed by atoms with E-state index in [0.717, 1.165) is 0 Å². The van der Waals surface area contributed by atoms with Gasteiger partial charge in [0.05, 0.1) is 6.42 Å². The third-order valence-electron chi connectivity index (χ3n) is 1.10. The molecule has 0 aliphatic rings. The number of hydrogen-bond donors (Lipinski definition) is 1. The summed E-state index contributed by atoms with van der Waals surface area (Å²) in [7, 11) is 0. The van der Waals surface area contributed by atoms with Crippen LogP contribution in [0.15, 0.2) is 0 Å². The zero-order valence-corrected chi connectivity index (χ0v) is 8.30. The molecule has 0 atom stereocenters. The lowest BCUT2D eigenvalue weighted by molar-refractivity contribution is -0.127. The Bertz CT molecular complexity index is 217. The van der Waals surface area contributed by atoms with Gasteiger partial charge >= 0.3 is 5.51 Å². The van der Waals surface area contributed by atoms with E-state index in [2.05, 4.69) is 5.32 Å². The predicted molar refractivity (Wildman–Crippen MR) is 46.8 cm³/mol. The molecule has 3 nitrogen and oxygen atoms in total. The summed E-state index contributed by atoms with van der Waals surface area (Å²) in [6.07, 6.45) is -0.281. The van der Waals surface area contributed by atoms with Crippen LogP contribution < -0.4 is 5.32 Å². The van der Waals surface area contributed by atoms with Crippen LogP contribution in [0.1, 0.15) is 13.3 Å². The average molecular weight is 229 g/mol. The number of amides is 1. The molecule has 82 valence electrons. The van der Waals surface area contributed by atoms with Gasteiger partial charge in [-0.3, -0.25) is 9.59 Å². The van der Waals surface area contributed by atoms with Crippen molar-refractivity contribution >= 4 is 23.5 Å². The van der Waals surface area contributed by atoms with Gasteiger partial charge < -0.3 is 5.32 Å². The van der Waals surface area contributed by atoms with Crippen molar-refractivity contribution in [2.24, 2.45) is 0 Å². The number of rotatable bonds is 5. The minimum absolute atomic E-state index is 0.0870. The summed E-state index contributed by atoms with van der Waals surface area (Å²) in [6.45, 7) is 1.15. The molecule has 0 unspecified atom stereocenters. The van der Waals surface area contributed by atoms with Gasteiger partial charge in [0, 0.05) is 12.3 Å². The Morgan fingerprint density at radius 2 is 1.93 bits per heavy atom. The highest BCUT2D eigenvalue weighted by Crippen LogP contribution is 2.29. The second-order valence-electron chi connectivity index (χ2n) is 2.52. The monoisotopic (exact) mass is 229 g/mol. The van der Waals surface area contributed by atoms with Gasteiger partial charge in [0.1, 0.15) is 5.78 Å². The lowest BCUT2D eigenvalue weighted by Crippen LogP contribution is -2.27. The number of ketones is 1. The SMILES string of the molecule is CC(=O)CC(=O)NCCSC(F)(F)F. The Kier molecular flexibility index (Phi) is 5.59. The largest absolute Gasteiger partial charge is 0.441 e. The normalized spacial score (nSPS) is 11.1. The molecule has 14 heavy (non-hydrogen) atoms. The smallest absolute Gasteiger partial charge is 0.355 e. The molecule has 0 aliphatic heterocycles. The van der Waals surface area contributed by atoms with E-state index in [1.165, 1.54) is 6.92 Å². The first-order valence-corrected chi connectivity index (χ1v) is 4.76. The molecule has 0 aromatic rings. The zero-order valence-electron chi connectivity index (χ0n) is 7.48. The first-order valence-electron chi connectivity index (χ1n) is 3.78. The Balaban J connectivity index is 3.46. The fourth-order valence-electron chi connectivity index (χ4n) is 0.646. The van der Waals surface area contributed by atoms with Crippen molar-refractivity contribution in [3.63, 3.8) is 0 Å². The second kappa shape index (κ2) is 5.90. The highest BCUT2D eigenvalue weighted by atomic mass is 32.2. The van der Waals surface area contributed by atoms with Gasteiger partial charge in [-0.05, 0) is 18.7 Å². The molecule has 1 N–H and O–H groups in total. The Morgan fingerprint density at radius 1 is 1.36 bits per heavy atom. The lowest BCUT2D eigenvalue weighted by atomic mass is 10.3. The maximum Gasteiger partial charge on any atom is 0.441 e. The summed E-state index contributed by atoms with van der Waals surface area (Å²) in [5.74, 6) is -1.10. The molecule has 0 radical (unpaired) electrons. The van der Waals surface area contributed by atoms with Crippen LogP contribution in [0.25, 0.3) is 0 Å². The zero-order chi connectivity index (χ0) is 11.2. The molecule has 0 saturated heterocycles. The Hall–Kier alpha value is -0.720. The van der Waals surface area contributed by atoms with Gasteiger partial charge in [0.2, 0.25) is 5.91 Å². The van der Waals surface area contributed by atoms with Crippen LogP contribution in [0.2, 0.25) is 0 Å². The van der Waals surface area contributed by atoms with Crippen LogP contribution in [0.5, 0.6) is 0 Å². The molecule has 0 aliphatic carbocycles. The third-order valence-corrected chi connectivity index (χ3v) is 1.84. The first kappa shape index (κ1) is 13.3. The number of carbonyl (C=O) groups excluding carboxylic acids is 2. The summed E-state index contributed by atoms with van der Waals surface area (Å²) >= 11 is -0.205. The number of hydrogen-bond acceptors (Lipinski definition) is 3. The fourth-order valence-corrected chi connectivity index (χ4v) is 1.08. The molecule has 7 heteroatoms. The van der Waals surface area contributed by atoms with Crippen molar-refractivity contribution in [1.82, 2.24) is 5.32 Å². The van der Waals surface area contributed by atoms with E-state index in [4.69, 9.17) is 0 Å². The van der Waals surface area contributed by atoms with E-state index in [9.17, 15) is 22.8 Å². The first-order chi connectivity index (χ1) is 6.31. The minimum Gasteiger partial charge on any atom is -0.355 e. The number of alkyl halides is 3. The topological polar surface area (TPSA) is 46.2 Å². The second-order valence-corrected chi connectivity index (χ2v) is 3.68. The van der Waals surface area contributed by atoms with E-state index in [1.807, 2.05) is 0 Å². The van der Waals surface area contributed by atoms with Crippen molar-refractivity contribution in [3.05, 3.63) is 0 Å². The van der Waals surface area contributed by atoms with Crippen molar-refractivity contribution in [3.8, 4) is 0 Å². The summed E-state index contributed by atoms with van der Waals surface area (Å²) < 4.78 is 34.8. The summed E-state index contributed by atoms with van der Waals surface area (Å²) in [4.78, 5) is 21.2. The Morgan fingerprint density at radius 3 is 2.36 bits per heavy atom. The third kappa shape index (κ3) is 9.37. The molecule has 0 spiro atoms. The fraction of sp³-hybridized carbons (Fsp3) is 0.714.